The van der Waals surface area contributed by atoms with E-state index in [2.05, 4.69) is 11.2 Å². The van der Waals surface area contributed by atoms with Gasteiger partial charge in [0, 0.05) is 17.0 Å². The zero-order valence-electron chi connectivity index (χ0n) is 18.0. The standard InChI is InChI=1S/C27H21N3O3/c1-3-15-29-21-13-7-6-12-19(21)27(26(29)33)23-22(16(2)28-27)24(31)30(25(23)32)20-14-8-10-17-9-4-5-11-18(17)20/h1,4-14,16,22-23,28H,15H2,2H3/t16-,22-,23+,27+/m1/s1. The Balaban J connectivity index is 1.54. The molecule has 0 saturated carbocycles. The Morgan fingerprint density at radius 3 is 2.45 bits per heavy atom. The van der Waals surface area contributed by atoms with E-state index >= 15 is 0 Å². The Morgan fingerprint density at radius 2 is 1.64 bits per heavy atom. The second kappa shape index (κ2) is 6.77. The van der Waals surface area contributed by atoms with Crippen LogP contribution >= 0.6 is 0 Å². The van der Waals surface area contributed by atoms with E-state index in [4.69, 9.17) is 6.42 Å². The fraction of sp³-hybridized carbons (Fsp3) is 0.222. The number of fused-ring (bicyclic) bond motifs is 5. The SMILES string of the molecule is C#CCN1C(=O)[C@]2(N[C@H](C)[C@H]3C(=O)N(c4cccc5ccccc45)C(=O)[C@H]32)c2ccccc21. The first-order chi connectivity index (χ1) is 16.0. The topological polar surface area (TPSA) is 69.7 Å². The molecule has 33 heavy (non-hydrogen) atoms. The first kappa shape index (κ1) is 19.7. The van der Waals surface area contributed by atoms with Gasteiger partial charge in [0.15, 0.2) is 0 Å². The molecular weight excluding hydrogens is 414 g/mol. The number of carbonyl (C=O) groups excluding carboxylic acids is 3. The monoisotopic (exact) mass is 435 g/mol. The zero-order valence-corrected chi connectivity index (χ0v) is 18.0. The number of imide groups is 1. The number of rotatable bonds is 2. The van der Waals surface area contributed by atoms with Gasteiger partial charge in [0.1, 0.15) is 5.54 Å². The molecule has 162 valence electrons. The summed E-state index contributed by atoms with van der Waals surface area (Å²) in [5.74, 6) is 0.131. The van der Waals surface area contributed by atoms with Crippen LogP contribution in [0, 0.1) is 24.2 Å². The van der Waals surface area contributed by atoms with Crippen LogP contribution in [0.3, 0.4) is 0 Å². The molecule has 0 aromatic heterocycles. The Labute approximate surface area is 191 Å². The van der Waals surface area contributed by atoms with E-state index in [1.165, 1.54) is 9.80 Å². The minimum atomic E-state index is -1.32. The lowest BCUT2D eigenvalue weighted by atomic mass is 9.76. The van der Waals surface area contributed by atoms with Gasteiger partial charge in [0.2, 0.25) is 11.8 Å². The van der Waals surface area contributed by atoms with E-state index in [-0.39, 0.29) is 30.3 Å². The largest absolute Gasteiger partial charge is 0.298 e. The van der Waals surface area contributed by atoms with Crippen LogP contribution in [0.15, 0.2) is 66.7 Å². The van der Waals surface area contributed by atoms with Crippen molar-refractivity contribution >= 4 is 39.9 Å². The molecule has 0 aliphatic carbocycles. The Morgan fingerprint density at radius 1 is 0.939 bits per heavy atom. The molecule has 3 aliphatic heterocycles. The second-order valence-electron chi connectivity index (χ2n) is 8.87. The molecule has 3 aromatic carbocycles. The van der Waals surface area contributed by atoms with Crippen molar-refractivity contribution in [2.24, 2.45) is 11.8 Å². The quantitative estimate of drug-likeness (QED) is 0.497. The summed E-state index contributed by atoms with van der Waals surface area (Å²) in [6.45, 7) is 1.96. The van der Waals surface area contributed by atoms with Gasteiger partial charge in [-0.15, -0.1) is 6.42 Å². The number of para-hydroxylation sites is 1. The van der Waals surface area contributed by atoms with Crippen molar-refractivity contribution in [2.75, 3.05) is 16.3 Å². The molecule has 0 unspecified atom stereocenters. The molecule has 4 atom stereocenters. The highest BCUT2D eigenvalue weighted by atomic mass is 16.2. The van der Waals surface area contributed by atoms with Gasteiger partial charge in [-0.3, -0.25) is 24.6 Å². The van der Waals surface area contributed by atoms with Crippen molar-refractivity contribution in [3.63, 3.8) is 0 Å². The number of terminal acetylenes is 1. The number of nitrogens with zero attached hydrogens (tertiary/aromatic N) is 2. The molecule has 0 radical (unpaired) electrons. The van der Waals surface area contributed by atoms with Crippen LogP contribution < -0.4 is 15.1 Å². The maximum absolute atomic E-state index is 14.0. The van der Waals surface area contributed by atoms with E-state index in [1.807, 2.05) is 67.6 Å². The summed E-state index contributed by atoms with van der Waals surface area (Å²) in [5.41, 5.74) is 0.623. The molecule has 0 bridgehead atoms. The highest BCUT2D eigenvalue weighted by Crippen LogP contribution is 2.55. The number of nitrogens with one attached hydrogen (secondary N) is 1. The fourth-order valence-corrected chi connectivity index (χ4v) is 6.00. The van der Waals surface area contributed by atoms with Crippen molar-refractivity contribution in [3.8, 4) is 12.3 Å². The minimum absolute atomic E-state index is 0.0974. The third kappa shape index (κ3) is 2.35. The van der Waals surface area contributed by atoms with Crippen molar-refractivity contribution in [1.82, 2.24) is 5.32 Å². The highest BCUT2D eigenvalue weighted by Gasteiger charge is 2.71. The van der Waals surface area contributed by atoms with Crippen LogP contribution in [-0.4, -0.2) is 30.3 Å². The van der Waals surface area contributed by atoms with Crippen molar-refractivity contribution in [3.05, 3.63) is 72.3 Å². The summed E-state index contributed by atoms with van der Waals surface area (Å²) < 4.78 is 0. The number of anilines is 2. The van der Waals surface area contributed by atoms with E-state index < -0.39 is 17.4 Å². The summed E-state index contributed by atoms with van der Waals surface area (Å²) in [7, 11) is 0. The molecule has 2 saturated heterocycles. The maximum Gasteiger partial charge on any atom is 0.253 e. The van der Waals surface area contributed by atoms with Gasteiger partial charge >= 0.3 is 0 Å². The fourth-order valence-electron chi connectivity index (χ4n) is 6.00. The summed E-state index contributed by atoms with van der Waals surface area (Å²) in [4.78, 5) is 44.4. The summed E-state index contributed by atoms with van der Waals surface area (Å²) >= 11 is 0. The van der Waals surface area contributed by atoms with Crippen LogP contribution in [0.5, 0.6) is 0 Å². The van der Waals surface area contributed by atoms with Gasteiger partial charge in [0.05, 0.1) is 29.8 Å². The molecule has 1 N–H and O–H groups in total. The first-order valence-electron chi connectivity index (χ1n) is 11.0. The predicted octanol–water partition coefficient (Wildman–Crippen LogP) is 2.81. The number of hydrogen-bond donors (Lipinski definition) is 1. The lowest BCUT2D eigenvalue weighted by Crippen LogP contribution is -2.55. The lowest BCUT2D eigenvalue weighted by molar-refractivity contribution is -0.132. The molecular formula is C27H21N3O3. The summed E-state index contributed by atoms with van der Waals surface area (Å²) in [6.07, 6.45) is 5.56. The average molecular weight is 435 g/mol. The van der Waals surface area contributed by atoms with Gasteiger partial charge in [0.25, 0.3) is 5.91 Å². The second-order valence-corrected chi connectivity index (χ2v) is 8.87. The van der Waals surface area contributed by atoms with Gasteiger partial charge in [-0.2, -0.15) is 0 Å². The number of benzene rings is 3. The van der Waals surface area contributed by atoms with Crippen molar-refractivity contribution in [2.45, 2.75) is 18.5 Å². The van der Waals surface area contributed by atoms with E-state index in [0.717, 1.165) is 10.8 Å². The van der Waals surface area contributed by atoms with Crippen LogP contribution in [0.2, 0.25) is 0 Å². The first-order valence-corrected chi connectivity index (χ1v) is 11.0. The smallest absolute Gasteiger partial charge is 0.253 e. The minimum Gasteiger partial charge on any atom is -0.298 e. The Hall–Kier alpha value is -3.95. The average Bonchev–Trinajstić information content (AvgIpc) is 3.37. The molecule has 2 fully saturated rings. The van der Waals surface area contributed by atoms with Gasteiger partial charge in [-0.25, -0.2) is 4.90 Å². The molecule has 1 spiro atoms. The van der Waals surface area contributed by atoms with E-state index in [0.29, 0.717) is 16.9 Å². The van der Waals surface area contributed by atoms with Crippen LogP contribution in [0.1, 0.15) is 12.5 Å². The predicted molar refractivity (Wildman–Crippen MR) is 125 cm³/mol. The van der Waals surface area contributed by atoms with Crippen LogP contribution in [0.4, 0.5) is 11.4 Å². The molecule has 6 rings (SSSR count). The molecule has 3 aromatic rings. The maximum atomic E-state index is 14.0. The van der Waals surface area contributed by atoms with E-state index in [1.54, 1.807) is 6.07 Å². The highest BCUT2D eigenvalue weighted by molar-refractivity contribution is 6.28. The van der Waals surface area contributed by atoms with Gasteiger partial charge in [-0.1, -0.05) is 60.5 Å². The summed E-state index contributed by atoms with van der Waals surface area (Å²) in [6, 6.07) is 20.2. The number of carbonyl (C=O) groups is 3. The molecule has 6 nitrogen and oxygen atoms in total. The van der Waals surface area contributed by atoms with Gasteiger partial charge in [-0.05, 0) is 24.4 Å². The Kier molecular flexibility index (Phi) is 4.05. The number of amides is 3. The van der Waals surface area contributed by atoms with Crippen molar-refractivity contribution < 1.29 is 14.4 Å². The van der Waals surface area contributed by atoms with Crippen LogP contribution in [0.25, 0.3) is 10.8 Å². The Bertz CT molecular complexity index is 1400. The third-order valence-corrected chi connectivity index (χ3v) is 7.27. The molecule has 3 amide bonds. The lowest BCUT2D eigenvalue weighted by Gasteiger charge is -2.30. The molecule has 6 heteroatoms. The van der Waals surface area contributed by atoms with Crippen LogP contribution in [-0.2, 0) is 19.9 Å². The molecule has 3 aliphatic rings. The normalized spacial score (nSPS) is 28.0. The summed E-state index contributed by atoms with van der Waals surface area (Å²) in [5, 5.41) is 5.13. The molecule has 3 heterocycles. The third-order valence-electron chi connectivity index (χ3n) is 7.27. The van der Waals surface area contributed by atoms with Gasteiger partial charge < -0.3 is 0 Å². The van der Waals surface area contributed by atoms with E-state index in [9.17, 15) is 14.4 Å². The van der Waals surface area contributed by atoms with Crippen molar-refractivity contribution in [1.29, 1.82) is 0 Å². The zero-order chi connectivity index (χ0) is 22.9. The number of hydrogen-bond acceptors (Lipinski definition) is 4.